The third kappa shape index (κ3) is 4.96. The van der Waals surface area contributed by atoms with Gasteiger partial charge in [0.05, 0.1) is 11.7 Å². The van der Waals surface area contributed by atoms with E-state index < -0.39 is 11.8 Å². The molecule has 40 heavy (non-hydrogen) atoms. The Morgan fingerprint density at radius 2 is 1.73 bits per heavy atom. The average molecular weight is 547 g/mol. The second-order valence-corrected chi connectivity index (χ2v) is 11.7. The van der Waals surface area contributed by atoms with Crippen LogP contribution in [-0.2, 0) is 11.3 Å². The standard InChI is InChI=1S/C32H32F2N2O4/c1-19(2)40-30-23(13-26(20-3-4-20)28(29(30)34)21-5-9-24(33)10-6-21)15-35-16-32(17-35)14-27(37)36(18-32)25-11-7-22(8-12-25)31(38)39/h5-13,19-20H,3-4,14-18H2,1-2H3,(H,38,39). The molecular weight excluding hydrogens is 514 g/mol. The number of nitrogens with zero attached hydrogens (tertiary/aromatic N) is 2. The van der Waals surface area contributed by atoms with Gasteiger partial charge in [0.2, 0.25) is 5.91 Å². The van der Waals surface area contributed by atoms with Gasteiger partial charge in [0.25, 0.3) is 0 Å². The Hall–Kier alpha value is -3.78. The van der Waals surface area contributed by atoms with Crippen molar-refractivity contribution in [1.29, 1.82) is 0 Å². The number of carboxylic acids is 1. The van der Waals surface area contributed by atoms with E-state index in [1.807, 2.05) is 13.8 Å². The first-order valence-electron chi connectivity index (χ1n) is 13.8. The second-order valence-electron chi connectivity index (χ2n) is 11.7. The maximum Gasteiger partial charge on any atom is 0.335 e. The molecule has 2 saturated heterocycles. The summed E-state index contributed by atoms with van der Waals surface area (Å²) in [6.07, 6.45) is 2.19. The zero-order chi connectivity index (χ0) is 28.2. The van der Waals surface area contributed by atoms with Crippen molar-refractivity contribution in [2.24, 2.45) is 5.41 Å². The van der Waals surface area contributed by atoms with Gasteiger partial charge in [-0.15, -0.1) is 0 Å². The lowest BCUT2D eigenvalue weighted by molar-refractivity contribution is -0.119. The molecule has 6 rings (SSSR count). The normalized spacial score (nSPS) is 18.4. The summed E-state index contributed by atoms with van der Waals surface area (Å²) in [6.45, 7) is 6.21. The maximum absolute atomic E-state index is 16.2. The summed E-state index contributed by atoms with van der Waals surface area (Å²) in [6, 6.07) is 14.4. The Morgan fingerprint density at radius 3 is 2.33 bits per heavy atom. The summed E-state index contributed by atoms with van der Waals surface area (Å²) >= 11 is 0. The minimum absolute atomic E-state index is 0.0252. The average Bonchev–Trinajstić information content (AvgIpc) is 3.68. The van der Waals surface area contributed by atoms with Crippen LogP contribution in [-0.4, -0.2) is 47.6 Å². The summed E-state index contributed by atoms with van der Waals surface area (Å²) in [5.74, 6) is -1.22. The van der Waals surface area contributed by atoms with Crippen LogP contribution in [0.3, 0.4) is 0 Å². The van der Waals surface area contributed by atoms with Gasteiger partial charge in [0.1, 0.15) is 5.82 Å². The number of carbonyl (C=O) groups excluding carboxylic acids is 1. The Balaban J connectivity index is 1.23. The molecule has 0 radical (unpaired) electrons. The van der Waals surface area contributed by atoms with E-state index >= 15 is 4.39 Å². The molecule has 3 fully saturated rings. The zero-order valence-corrected chi connectivity index (χ0v) is 22.6. The Labute approximate surface area is 232 Å². The smallest absolute Gasteiger partial charge is 0.335 e. The van der Waals surface area contributed by atoms with Gasteiger partial charge in [-0.1, -0.05) is 12.1 Å². The summed E-state index contributed by atoms with van der Waals surface area (Å²) in [7, 11) is 0. The SMILES string of the molecule is CC(C)Oc1c(CN2CC3(CC(=O)N(c4ccc(C(=O)O)cc4)C3)C2)cc(C2CC2)c(-c2ccc(F)cc2)c1F. The van der Waals surface area contributed by atoms with Crippen LogP contribution < -0.4 is 9.64 Å². The first-order valence-corrected chi connectivity index (χ1v) is 13.8. The van der Waals surface area contributed by atoms with E-state index in [4.69, 9.17) is 9.84 Å². The Morgan fingerprint density at radius 1 is 1.05 bits per heavy atom. The van der Waals surface area contributed by atoms with E-state index in [2.05, 4.69) is 11.0 Å². The van der Waals surface area contributed by atoms with Gasteiger partial charge >= 0.3 is 5.97 Å². The highest BCUT2D eigenvalue weighted by Crippen LogP contribution is 2.49. The minimum atomic E-state index is -1.00. The highest BCUT2D eigenvalue weighted by atomic mass is 19.1. The van der Waals surface area contributed by atoms with Crippen LogP contribution in [0.5, 0.6) is 5.75 Å². The lowest BCUT2D eigenvalue weighted by Gasteiger charge is -2.47. The first-order chi connectivity index (χ1) is 19.1. The van der Waals surface area contributed by atoms with Gasteiger partial charge < -0.3 is 14.7 Å². The van der Waals surface area contributed by atoms with Crippen LogP contribution in [0.4, 0.5) is 14.5 Å². The van der Waals surface area contributed by atoms with Crippen LogP contribution in [0.1, 0.15) is 60.5 Å². The number of likely N-dealkylation sites (tertiary alicyclic amines) is 1. The third-order valence-electron chi connectivity index (χ3n) is 8.09. The number of aromatic carboxylic acids is 1. The highest BCUT2D eigenvalue weighted by molar-refractivity contribution is 5.97. The van der Waals surface area contributed by atoms with Gasteiger partial charge in [-0.3, -0.25) is 9.69 Å². The lowest BCUT2D eigenvalue weighted by Crippen LogP contribution is -2.56. The van der Waals surface area contributed by atoms with E-state index in [0.717, 1.165) is 24.0 Å². The Kier molecular flexibility index (Phi) is 6.61. The number of amides is 1. The summed E-state index contributed by atoms with van der Waals surface area (Å²) in [5.41, 5.74) is 3.57. The molecular formula is C32H32F2N2O4. The fraction of sp³-hybridized carbons (Fsp3) is 0.375. The van der Waals surface area contributed by atoms with E-state index in [1.54, 1.807) is 29.2 Å². The number of carboxylic acid groups (broad SMARTS) is 1. The predicted octanol–water partition coefficient (Wildman–Crippen LogP) is 6.23. The van der Waals surface area contributed by atoms with Crippen LogP contribution in [0.15, 0.2) is 54.6 Å². The number of rotatable bonds is 8. The molecule has 1 amide bonds. The van der Waals surface area contributed by atoms with E-state index in [0.29, 0.717) is 49.4 Å². The topological polar surface area (TPSA) is 70.1 Å². The third-order valence-corrected chi connectivity index (χ3v) is 8.09. The van der Waals surface area contributed by atoms with Crippen molar-refractivity contribution in [2.75, 3.05) is 24.5 Å². The number of carbonyl (C=O) groups is 2. The minimum Gasteiger partial charge on any atom is -0.488 e. The van der Waals surface area contributed by atoms with Gasteiger partial charge in [-0.25, -0.2) is 13.6 Å². The molecule has 2 aliphatic heterocycles. The zero-order valence-electron chi connectivity index (χ0n) is 22.6. The molecule has 0 atom stereocenters. The van der Waals surface area contributed by atoms with Crippen molar-refractivity contribution in [3.8, 4) is 16.9 Å². The molecule has 2 heterocycles. The highest BCUT2D eigenvalue weighted by Gasteiger charge is 2.51. The maximum atomic E-state index is 16.2. The molecule has 6 nitrogen and oxygen atoms in total. The summed E-state index contributed by atoms with van der Waals surface area (Å²) < 4.78 is 35.9. The first kappa shape index (κ1) is 26.4. The van der Waals surface area contributed by atoms with Crippen molar-refractivity contribution in [1.82, 2.24) is 4.90 Å². The fourth-order valence-corrected chi connectivity index (χ4v) is 6.20. The molecule has 208 valence electrons. The molecule has 3 aliphatic rings. The van der Waals surface area contributed by atoms with Crippen molar-refractivity contribution in [3.05, 3.63) is 82.9 Å². The molecule has 3 aromatic carbocycles. The number of halogens is 2. The number of hydrogen-bond donors (Lipinski definition) is 1. The van der Waals surface area contributed by atoms with E-state index in [9.17, 15) is 14.0 Å². The lowest BCUT2D eigenvalue weighted by atomic mass is 9.78. The van der Waals surface area contributed by atoms with Gasteiger partial charge in [0.15, 0.2) is 11.6 Å². The molecule has 0 unspecified atom stereocenters. The molecule has 1 N–H and O–H groups in total. The van der Waals surface area contributed by atoms with Crippen molar-refractivity contribution in [2.45, 2.75) is 51.7 Å². The largest absolute Gasteiger partial charge is 0.488 e. The van der Waals surface area contributed by atoms with Crippen molar-refractivity contribution >= 4 is 17.6 Å². The monoisotopic (exact) mass is 546 g/mol. The van der Waals surface area contributed by atoms with Crippen molar-refractivity contribution < 1.29 is 28.2 Å². The number of ether oxygens (including phenoxy) is 1. The van der Waals surface area contributed by atoms with Crippen LogP contribution >= 0.6 is 0 Å². The fourth-order valence-electron chi connectivity index (χ4n) is 6.20. The predicted molar refractivity (Wildman–Crippen MR) is 148 cm³/mol. The molecule has 8 heteroatoms. The number of anilines is 1. The summed E-state index contributed by atoms with van der Waals surface area (Å²) in [4.78, 5) is 28.0. The van der Waals surface area contributed by atoms with Gasteiger partial charge in [0, 0.05) is 54.8 Å². The summed E-state index contributed by atoms with van der Waals surface area (Å²) in [5, 5.41) is 9.16. The Bertz CT molecular complexity index is 1460. The van der Waals surface area contributed by atoms with Crippen molar-refractivity contribution in [3.63, 3.8) is 0 Å². The molecule has 1 saturated carbocycles. The second kappa shape index (κ2) is 10.0. The van der Waals surface area contributed by atoms with Gasteiger partial charge in [-0.2, -0.15) is 0 Å². The van der Waals surface area contributed by atoms with Gasteiger partial charge in [-0.05, 0) is 86.2 Å². The molecule has 0 bridgehead atoms. The van der Waals surface area contributed by atoms with Crippen LogP contribution in [0.25, 0.3) is 11.1 Å². The molecule has 0 aromatic heterocycles. The van der Waals surface area contributed by atoms with E-state index in [1.165, 1.54) is 24.3 Å². The molecule has 1 aliphatic carbocycles. The number of benzene rings is 3. The van der Waals surface area contributed by atoms with Crippen LogP contribution in [0.2, 0.25) is 0 Å². The quantitative estimate of drug-likeness (QED) is 0.363. The van der Waals surface area contributed by atoms with E-state index in [-0.39, 0.29) is 40.5 Å². The molecule has 1 spiro atoms. The molecule has 3 aromatic rings. The van der Waals surface area contributed by atoms with Crippen LogP contribution in [0, 0.1) is 17.0 Å². The number of hydrogen-bond acceptors (Lipinski definition) is 4.